The van der Waals surface area contributed by atoms with E-state index in [0.717, 1.165) is 18.4 Å². The van der Waals surface area contributed by atoms with E-state index in [-0.39, 0.29) is 31.0 Å². The van der Waals surface area contributed by atoms with Crippen molar-refractivity contribution in [3.8, 4) is 24.0 Å². The monoisotopic (exact) mass is 321 g/mol. The molecular formula is C19H19N3O2. The van der Waals surface area contributed by atoms with Crippen molar-refractivity contribution in [2.75, 3.05) is 6.61 Å². The summed E-state index contributed by atoms with van der Waals surface area (Å²) in [5.41, 5.74) is 2.25. The van der Waals surface area contributed by atoms with Crippen LogP contribution in [0.2, 0.25) is 0 Å². The summed E-state index contributed by atoms with van der Waals surface area (Å²) in [7, 11) is 0. The number of esters is 1. The molecule has 1 saturated heterocycles. The number of hydrogen-bond donors (Lipinski definition) is 1. The minimum atomic E-state index is -1.32. The van der Waals surface area contributed by atoms with Crippen molar-refractivity contribution < 1.29 is 9.53 Å². The van der Waals surface area contributed by atoms with Crippen molar-refractivity contribution >= 4 is 5.97 Å². The molecule has 2 unspecified atom stereocenters. The number of carbonyl (C=O) groups is 1. The van der Waals surface area contributed by atoms with E-state index in [9.17, 15) is 15.3 Å². The zero-order chi connectivity index (χ0) is 17.6. The van der Waals surface area contributed by atoms with E-state index < -0.39 is 11.4 Å². The van der Waals surface area contributed by atoms with Gasteiger partial charge in [-0.1, -0.05) is 24.5 Å². The molecule has 0 aromatic heterocycles. The van der Waals surface area contributed by atoms with Crippen molar-refractivity contribution in [3.63, 3.8) is 0 Å². The molecule has 122 valence electrons. The first-order valence-corrected chi connectivity index (χ1v) is 7.82. The third-order valence-electron chi connectivity index (χ3n) is 4.39. The maximum atomic E-state index is 10.7. The van der Waals surface area contributed by atoms with E-state index in [2.05, 4.69) is 41.6 Å². The molecule has 0 amide bonds. The van der Waals surface area contributed by atoms with E-state index in [1.807, 2.05) is 12.2 Å². The van der Waals surface area contributed by atoms with Gasteiger partial charge >= 0.3 is 5.97 Å². The van der Waals surface area contributed by atoms with Crippen molar-refractivity contribution in [1.82, 2.24) is 5.32 Å². The number of carbonyl (C=O) groups excluding carboxylic acids is 1. The van der Waals surface area contributed by atoms with Crippen LogP contribution < -0.4 is 5.32 Å². The molecule has 0 spiro atoms. The first-order valence-electron chi connectivity index (χ1n) is 7.82. The van der Waals surface area contributed by atoms with Crippen LogP contribution >= 0.6 is 0 Å². The van der Waals surface area contributed by atoms with Gasteiger partial charge in [-0.05, 0) is 24.5 Å². The van der Waals surface area contributed by atoms with Crippen LogP contribution in [-0.4, -0.2) is 24.7 Å². The normalized spacial score (nSPS) is 24.3. The Kier molecular flexibility index (Phi) is 5.62. The van der Waals surface area contributed by atoms with Gasteiger partial charge in [0.15, 0.2) is 12.0 Å². The molecule has 1 N–H and O–H groups in total. The third kappa shape index (κ3) is 3.58. The van der Waals surface area contributed by atoms with Crippen LogP contribution in [0, 0.1) is 45.8 Å². The summed E-state index contributed by atoms with van der Waals surface area (Å²) in [5, 5.41) is 22.9. The van der Waals surface area contributed by atoms with Gasteiger partial charge in [0.25, 0.3) is 0 Å². The summed E-state index contributed by atoms with van der Waals surface area (Å²) in [5.74, 6) is 5.00. The van der Waals surface area contributed by atoms with Crippen LogP contribution in [0.3, 0.4) is 0 Å². The van der Waals surface area contributed by atoms with Gasteiger partial charge in [0, 0.05) is 31.3 Å². The van der Waals surface area contributed by atoms with E-state index >= 15 is 0 Å². The minimum Gasteiger partial charge on any atom is -0.453 e. The van der Waals surface area contributed by atoms with E-state index in [1.165, 1.54) is 6.92 Å². The molecule has 0 aliphatic carbocycles. The number of rotatable bonds is 4. The molecule has 0 radical (unpaired) electrons. The molecule has 0 aromatic rings. The molecule has 24 heavy (non-hydrogen) atoms. The molecule has 1 fully saturated rings. The fourth-order valence-corrected chi connectivity index (χ4v) is 3.24. The summed E-state index contributed by atoms with van der Waals surface area (Å²) in [4.78, 5) is 10.7. The zero-order valence-corrected chi connectivity index (χ0v) is 13.6. The van der Waals surface area contributed by atoms with Gasteiger partial charge in [0.1, 0.15) is 0 Å². The van der Waals surface area contributed by atoms with Crippen LogP contribution in [0.1, 0.15) is 26.2 Å². The lowest BCUT2D eigenvalue weighted by molar-refractivity contribution is -0.139. The van der Waals surface area contributed by atoms with Gasteiger partial charge in [-0.2, -0.15) is 10.5 Å². The SMILES string of the molecule is C=C=C[C@@H]1C(C(C#N)(C#N)CC#CCOC(C)=O)=CC2CCC1N2. The number of ether oxygens (including phenoxy) is 1. The summed E-state index contributed by atoms with van der Waals surface area (Å²) in [6.45, 7) is 4.90. The lowest BCUT2D eigenvalue weighted by Gasteiger charge is -2.34. The second kappa shape index (κ2) is 7.67. The standard InChI is InChI=1S/C19H19N3O2/c1-3-6-16-17(11-15-7-8-18(16)22-15)19(12-20,13-21)9-4-5-10-24-14(2)23/h6,11,15-16,18,22H,1,7-10H2,2H3/t15?,16-,18?/m1/s1. The molecule has 2 aliphatic heterocycles. The molecule has 2 bridgehead atoms. The molecule has 0 saturated carbocycles. The van der Waals surface area contributed by atoms with Crippen LogP contribution in [-0.2, 0) is 9.53 Å². The van der Waals surface area contributed by atoms with Gasteiger partial charge < -0.3 is 10.1 Å². The molecule has 5 nitrogen and oxygen atoms in total. The average molecular weight is 321 g/mol. The van der Waals surface area contributed by atoms with Crippen molar-refractivity contribution in [1.29, 1.82) is 10.5 Å². The summed E-state index contributed by atoms with van der Waals surface area (Å²) < 4.78 is 4.75. The Hall–Kier alpha value is -2.77. The summed E-state index contributed by atoms with van der Waals surface area (Å²) >= 11 is 0. The Morgan fingerprint density at radius 3 is 2.83 bits per heavy atom. The Labute approximate surface area is 142 Å². The molecular weight excluding hydrogens is 302 g/mol. The Balaban J connectivity index is 2.28. The highest BCUT2D eigenvalue weighted by Crippen LogP contribution is 2.43. The first-order chi connectivity index (χ1) is 11.6. The molecule has 2 heterocycles. The number of fused-ring (bicyclic) bond motifs is 2. The molecule has 3 atom stereocenters. The van der Waals surface area contributed by atoms with Crippen LogP contribution in [0.15, 0.2) is 30.0 Å². The number of nitrogens with zero attached hydrogens (tertiary/aromatic N) is 2. The largest absolute Gasteiger partial charge is 0.453 e. The van der Waals surface area contributed by atoms with E-state index in [4.69, 9.17) is 4.74 Å². The van der Waals surface area contributed by atoms with Gasteiger partial charge in [0.2, 0.25) is 0 Å². The van der Waals surface area contributed by atoms with Gasteiger partial charge in [-0.3, -0.25) is 4.79 Å². The second-order valence-electron chi connectivity index (χ2n) is 5.92. The molecule has 2 rings (SSSR count). The number of nitriles is 2. The smallest absolute Gasteiger partial charge is 0.303 e. The molecule has 0 aromatic carbocycles. The Morgan fingerprint density at radius 2 is 2.21 bits per heavy atom. The highest BCUT2D eigenvalue weighted by atomic mass is 16.5. The topological polar surface area (TPSA) is 85.9 Å². The van der Waals surface area contributed by atoms with Crippen molar-refractivity contribution in [2.24, 2.45) is 11.3 Å². The van der Waals surface area contributed by atoms with Crippen molar-refractivity contribution in [2.45, 2.75) is 38.3 Å². The first kappa shape index (κ1) is 17.6. The Morgan fingerprint density at radius 1 is 1.46 bits per heavy atom. The fraction of sp³-hybridized carbons (Fsp3) is 0.474. The maximum absolute atomic E-state index is 10.7. The number of nitrogens with one attached hydrogen (secondary N) is 1. The predicted octanol–water partition coefficient (Wildman–Crippen LogP) is 1.99. The predicted molar refractivity (Wildman–Crippen MR) is 87.9 cm³/mol. The highest BCUT2D eigenvalue weighted by molar-refractivity contribution is 5.66. The quantitative estimate of drug-likeness (QED) is 0.370. The second-order valence-corrected chi connectivity index (χ2v) is 5.92. The molecule has 2 aliphatic rings. The van der Waals surface area contributed by atoms with Gasteiger partial charge in [-0.15, -0.1) is 5.73 Å². The maximum Gasteiger partial charge on any atom is 0.303 e. The zero-order valence-electron chi connectivity index (χ0n) is 13.6. The lowest BCUT2D eigenvalue weighted by atomic mass is 9.71. The highest BCUT2D eigenvalue weighted by Gasteiger charge is 2.45. The summed E-state index contributed by atoms with van der Waals surface area (Å²) in [6, 6.07) is 4.70. The molecule has 5 heteroatoms. The fourth-order valence-electron chi connectivity index (χ4n) is 3.24. The summed E-state index contributed by atoms with van der Waals surface area (Å²) in [6.07, 6.45) is 5.86. The third-order valence-corrected chi connectivity index (χ3v) is 4.39. The van der Waals surface area contributed by atoms with Gasteiger partial charge in [-0.25, -0.2) is 0 Å². The lowest BCUT2D eigenvalue weighted by Crippen LogP contribution is -2.42. The van der Waals surface area contributed by atoms with Crippen LogP contribution in [0.4, 0.5) is 0 Å². The van der Waals surface area contributed by atoms with E-state index in [0.29, 0.717) is 0 Å². The van der Waals surface area contributed by atoms with E-state index in [1.54, 1.807) is 0 Å². The average Bonchev–Trinajstić information content (AvgIpc) is 2.96. The van der Waals surface area contributed by atoms with Crippen LogP contribution in [0.25, 0.3) is 0 Å². The van der Waals surface area contributed by atoms with Crippen LogP contribution in [0.5, 0.6) is 0 Å². The Bertz CT molecular complexity index is 721. The van der Waals surface area contributed by atoms with Gasteiger partial charge in [0.05, 0.1) is 12.1 Å². The minimum absolute atomic E-state index is 0.0376. The van der Waals surface area contributed by atoms with Crippen molar-refractivity contribution in [3.05, 3.63) is 30.0 Å². The number of hydrogen-bond acceptors (Lipinski definition) is 5.